The monoisotopic (exact) mass is 254 g/mol. The summed E-state index contributed by atoms with van der Waals surface area (Å²) in [5.41, 5.74) is -0.736. The molecule has 1 fully saturated rings. The quantitative estimate of drug-likeness (QED) is 0.488. The number of hydrogen-bond donors (Lipinski definition) is 2. The van der Waals surface area contributed by atoms with Crippen molar-refractivity contribution < 1.29 is 9.59 Å². The fraction of sp³-hybridized carbons (Fsp3) is 0.857. The molecule has 1 aliphatic carbocycles. The van der Waals surface area contributed by atoms with Crippen molar-refractivity contribution in [3.8, 4) is 0 Å². The highest BCUT2D eigenvalue weighted by atomic mass is 16.2. The molecule has 4 nitrogen and oxygen atoms in total. The fourth-order valence-electron chi connectivity index (χ4n) is 1.98. The van der Waals surface area contributed by atoms with E-state index >= 15 is 0 Å². The predicted molar refractivity (Wildman–Crippen MR) is 72.1 cm³/mol. The van der Waals surface area contributed by atoms with Gasteiger partial charge in [-0.1, -0.05) is 33.1 Å². The van der Waals surface area contributed by atoms with Crippen LogP contribution in [0.1, 0.15) is 58.8 Å². The van der Waals surface area contributed by atoms with E-state index in [1.807, 2.05) is 0 Å². The van der Waals surface area contributed by atoms with Crippen LogP contribution in [-0.4, -0.2) is 24.9 Å². The SMILES string of the molecule is CCCCCNC(=O)C1(C(=O)NCCCC)CC1. The molecular formula is C14H26N2O2. The first-order chi connectivity index (χ1) is 8.67. The Labute approximate surface area is 110 Å². The van der Waals surface area contributed by atoms with Gasteiger partial charge in [0.25, 0.3) is 0 Å². The van der Waals surface area contributed by atoms with Crippen molar-refractivity contribution >= 4 is 11.8 Å². The molecule has 0 heterocycles. The molecule has 4 heteroatoms. The number of amides is 2. The average Bonchev–Trinajstić information content (AvgIpc) is 3.16. The summed E-state index contributed by atoms with van der Waals surface area (Å²) in [6.45, 7) is 5.59. The van der Waals surface area contributed by atoms with E-state index < -0.39 is 5.41 Å². The molecule has 0 unspecified atom stereocenters. The van der Waals surface area contributed by atoms with Crippen molar-refractivity contribution in [3.63, 3.8) is 0 Å². The Balaban J connectivity index is 2.29. The Hall–Kier alpha value is -1.06. The first kappa shape index (κ1) is 15.0. The van der Waals surface area contributed by atoms with Gasteiger partial charge in [-0.15, -0.1) is 0 Å². The second-order valence-corrected chi connectivity index (χ2v) is 5.15. The van der Waals surface area contributed by atoms with Crippen LogP contribution in [-0.2, 0) is 9.59 Å². The second kappa shape index (κ2) is 7.39. The van der Waals surface area contributed by atoms with E-state index in [1.54, 1.807) is 0 Å². The molecule has 1 aliphatic rings. The van der Waals surface area contributed by atoms with Crippen molar-refractivity contribution in [2.24, 2.45) is 5.41 Å². The van der Waals surface area contributed by atoms with Gasteiger partial charge in [0.1, 0.15) is 5.41 Å². The zero-order valence-electron chi connectivity index (χ0n) is 11.7. The fourth-order valence-corrected chi connectivity index (χ4v) is 1.98. The summed E-state index contributed by atoms with van der Waals surface area (Å²) in [6.07, 6.45) is 6.68. The van der Waals surface area contributed by atoms with Gasteiger partial charge in [0, 0.05) is 13.1 Å². The molecule has 0 saturated heterocycles. The van der Waals surface area contributed by atoms with Gasteiger partial charge in [-0.25, -0.2) is 0 Å². The molecule has 2 N–H and O–H groups in total. The van der Waals surface area contributed by atoms with Gasteiger partial charge >= 0.3 is 0 Å². The molecule has 0 aliphatic heterocycles. The van der Waals surface area contributed by atoms with Gasteiger partial charge in [-0.05, 0) is 25.7 Å². The molecule has 0 atom stereocenters. The van der Waals surface area contributed by atoms with Gasteiger partial charge in [0.05, 0.1) is 0 Å². The number of nitrogens with one attached hydrogen (secondary N) is 2. The lowest BCUT2D eigenvalue weighted by molar-refractivity contribution is -0.137. The van der Waals surface area contributed by atoms with Crippen molar-refractivity contribution in [3.05, 3.63) is 0 Å². The lowest BCUT2D eigenvalue weighted by Crippen LogP contribution is -2.43. The number of carbonyl (C=O) groups excluding carboxylic acids is 2. The summed E-state index contributed by atoms with van der Waals surface area (Å²) in [4.78, 5) is 24.0. The molecule has 2 amide bonds. The highest BCUT2D eigenvalue weighted by molar-refractivity contribution is 6.07. The highest BCUT2D eigenvalue weighted by Gasteiger charge is 2.56. The van der Waals surface area contributed by atoms with Crippen LogP contribution in [0.25, 0.3) is 0 Å². The molecule has 18 heavy (non-hydrogen) atoms. The van der Waals surface area contributed by atoms with Crippen molar-refractivity contribution in [2.45, 2.75) is 58.8 Å². The number of hydrogen-bond acceptors (Lipinski definition) is 2. The first-order valence-corrected chi connectivity index (χ1v) is 7.24. The van der Waals surface area contributed by atoms with Crippen LogP contribution in [0.15, 0.2) is 0 Å². The number of carbonyl (C=O) groups is 2. The van der Waals surface area contributed by atoms with E-state index in [4.69, 9.17) is 0 Å². The first-order valence-electron chi connectivity index (χ1n) is 7.24. The third kappa shape index (κ3) is 4.00. The summed E-state index contributed by atoms with van der Waals surface area (Å²) in [7, 11) is 0. The van der Waals surface area contributed by atoms with Crippen LogP contribution < -0.4 is 10.6 Å². The standard InChI is InChI=1S/C14H26N2O2/c1-3-5-7-11-16-13(18)14(8-9-14)12(17)15-10-6-4-2/h3-11H2,1-2H3,(H,15,17)(H,16,18). The summed E-state index contributed by atoms with van der Waals surface area (Å²) in [5, 5.41) is 5.76. The van der Waals surface area contributed by atoms with Gasteiger partial charge < -0.3 is 10.6 Å². The summed E-state index contributed by atoms with van der Waals surface area (Å²) in [6, 6.07) is 0. The lowest BCUT2D eigenvalue weighted by Gasteiger charge is -2.15. The molecule has 0 aromatic rings. The molecule has 0 radical (unpaired) electrons. The van der Waals surface area contributed by atoms with E-state index in [0.29, 0.717) is 25.9 Å². The summed E-state index contributed by atoms with van der Waals surface area (Å²) in [5.74, 6) is -0.156. The van der Waals surface area contributed by atoms with Crippen molar-refractivity contribution in [1.82, 2.24) is 10.6 Å². The maximum absolute atomic E-state index is 12.0. The Morgan fingerprint density at radius 2 is 1.39 bits per heavy atom. The normalized spacial score (nSPS) is 16.1. The van der Waals surface area contributed by atoms with Crippen molar-refractivity contribution in [2.75, 3.05) is 13.1 Å². The maximum Gasteiger partial charge on any atom is 0.235 e. The molecule has 1 saturated carbocycles. The Morgan fingerprint density at radius 3 is 1.83 bits per heavy atom. The zero-order chi connectivity index (χ0) is 13.4. The molecular weight excluding hydrogens is 228 g/mol. The third-order valence-electron chi connectivity index (χ3n) is 3.50. The van der Waals surface area contributed by atoms with E-state index in [1.165, 1.54) is 0 Å². The Morgan fingerprint density at radius 1 is 0.889 bits per heavy atom. The largest absolute Gasteiger partial charge is 0.355 e. The molecule has 1 rings (SSSR count). The van der Waals surface area contributed by atoms with Gasteiger partial charge in [0.2, 0.25) is 11.8 Å². The Bertz CT molecular complexity index is 286. The third-order valence-corrected chi connectivity index (χ3v) is 3.50. The second-order valence-electron chi connectivity index (χ2n) is 5.15. The smallest absolute Gasteiger partial charge is 0.235 e. The molecule has 104 valence electrons. The summed E-state index contributed by atoms with van der Waals surface area (Å²) >= 11 is 0. The minimum Gasteiger partial charge on any atom is -0.355 e. The van der Waals surface area contributed by atoms with E-state index in [9.17, 15) is 9.59 Å². The van der Waals surface area contributed by atoms with Gasteiger partial charge in [-0.3, -0.25) is 9.59 Å². The Kier molecular flexibility index (Phi) is 6.16. The van der Waals surface area contributed by atoms with Crippen LogP contribution in [0.5, 0.6) is 0 Å². The van der Waals surface area contributed by atoms with Gasteiger partial charge in [-0.2, -0.15) is 0 Å². The van der Waals surface area contributed by atoms with Crippen LogP contribution in [0.2, 0.25) is 0 Å². The van der Waals surface area contributed by atoms with E-state index in [0.717, 1.165) is 32.1 Å². The minimum atomic E-state index is -0.736. The topological polar surface area (TPSA) is 58.2 Å². The highest BCUT2D eigenvalue weighted by Crippen LogP contribution is 2.46. The molecule has 0 aromatic heterocycles. The molecule has 0 bridgehead atoms. The van der Waals surface area contributed by atoms with Crippen LogP contribution in [0.3, 0.4) is 0 Å². The predicted octanol–water partition coefficient (Wildman–Crippen LogP) is 1.99. The van der Waals surface area contributed by atoms with E-state index in [-0.39, 0.29) is 11.8 Å². The number of unbranched alkanes of at least 4 members (excludes halogenated alkanes) is 3. The molecule has 0 aromatic carbocycles. The lowest BCUT2D eigenvalue weighted by atomic mass is 10.1. The van der Waals surface area contributed by atoms with Crippen molar-refractivity contribution in [1.29, 1.82) is 0 Å². The van der Waals surface area contributed by atoms with Crippen LogP contribution in [0, 0.1) is 5.41 Å². The summed E-state index contributed by atoms with van der Waals surface area (Å²) < 4.78 is 0. The van der Waals surface area contributed by atoms with Crippen LogP contribution >= 0.6 is 0 Å². The minimum absolute atomic E-state index is 0.0763. The average molecular weight is 254 g/mol. The zero-order valence-corrected chi connectivity index (χ0v) is 11.7. The number of rotatable bonds is 9. The van der Waals surface area contributed by atoms with Gasteiger partial charge in [0.15, 0.2) is 0 Å². The van der Waals surface area contributed by atoms with Crippen LogP contribution in [0.4, 0.5) is 0 Å². The maximum atomic E-state index is 12.0. The van der Waals surface area contributed by atoms with E-state index in [2.05, 4.69) is 24.5 Å². The molecule has 0 spiro atoms.